The number of fused-ring (bicyclic) bond motifs is 1. The van der Waals surface area contributed by atoms with Gasteiger partial charge in [-0.2, -0.15) is 0 Å². The zero-order valence-electron chi connectivity index (χ0n) is 14.2. The lowest BCUT2D eigenvalue weighted by Gasteiger charge is -2.16. The average Bonchev–Trinajstić information content (AvgIpc) is 3.05. The largest absolute Gasteiger partial charge is 0.475 e. The summed E-state index contributed by atoms with van der Waals surface area (Å²) in [6.07, 6.45) is 0. The number of hydrogen-bond donors (Lipinski definition) is 0. The van der Waals surface area contributed by atoms with Crippen molar-refractivity contribution < 1.29 is 18.1 Å². The van der Waals surface area contributed by atoms with E-state index in [4.69, 9.17) is 13.6 Å². The molecule has 132 valence electrons. The molecule has 25 heavy (non-hydrogen) atoms. The highest BCUT2D eigenvalue weighted by atomic mass is 32.1. The third-order valence-electron chi connectivity index (χ3n) is 3.46. The normalized spacial score (nSPS) is 11.9. The van der Waals surface area contributed by atoms with Crippen molar-refractivity contribution in [2.75, 3.05) is 13.2 Å². The standard InChI is InChI=1S/C18H20NO4PS/c1-3-21-24(20,22-4-2)23-13-14-9-11-15(12-10-14)18-19-16-7-5-6-8-17(16)25-18/h5-12H,3-4,13H2,1-2H3. The quantitative estimate of drug-likeness (QED) is 0.474. The van der Waals surface area contributed by atoms with E-state index < -0.39 is 7.82 Å². The Morgan fingerprint density at radius 3 is 2.28 bits per heavy atom. The number of thiazole rings is 1. The highest BCUT2D eigenvalue weighted by Crippen LogP contribution is 2.49. The molecule has 0 aliphatic rings. The molecule has 0 fully saturated rings. The van der Waals surface area contributed by atoms with Crippen molar-refractivity contribution in [2.24, 2.45) is 0 Å². The predicted octanol–water partition coefficient (Wildman–Crippen LogP) is 5.66. The molecule has 0 radical (unpaired) electrons. The summed E-state index contributed by atoms with van der Waals surface area (Å²) in [5.74, 6) is 0. The van der Waals surface area contributed by atoms with Gasteiger partial charge >= 0.3 is 7.82 Å². The Labute approximate surface area is 151 Å². The maximum absolute atomic E-state index is 12.3. The summed E-state index contributed by atoms with van der Waals surface area (Å²) in [4.78, 5) is 4.65. The van der Waals surface area contributed by atoms with Gasteiger partial charge in [0.05, 0.1) is 30.0 Å². The van der Waals surface area contributed by atoms with Crippen molar-refractivity contribution in [3.8, 4) is 10.6 Å². The summed E-state index contributed by atoms with van der Waals surface area (Å²) < 4.78 is 29.1. The second-order valence-corrected chi connectivity index (χ2v) is 7.94. The second-order valence-electron chi connectivity index (χ2n) is 5.24. The molecule has 3 aromatic rings. The summed E-state index contributed by atoms with van der Waals surface area (Å²) >= 11 is 1.66. The molecule has 2 aromatic carbocycles. The van der Waals surface area contributed by atoms with Crippen molar-refractivity contribution in [3.63, 3.8) is 0 Å². The second kappa shape index (κ2) is 8.21. The van der Waals surface area contributed by atoms with E-state index in [-0.39, 0.29) is 19.8 Å². The van der Waals surface area contributed by atoms with Gasteiger partial charge in [-0.1, -0.05) is 36.4 Å². The molecule has 7 heteroatoms. The Morgan fingerprint density at radius 2 is 1.64 bits per heavy atom. The van der Waals surface area contributed by atoms with E-state index in [1.54, 1.807) is 25.2 Å². The Kier molecular flexibility index (Phi) is 5.99. The number of benzene rings is 2. The number of phosphoric ester groups is 1. The van der Waals surface area contributed by atoms with Gasteiger partial charge in [-0.15, -0.1) is 11.3 Å². The van der Waals surface area contributed by atoms with Crippen molar-refractivity contribution in [1.29, 1.82) is 0 Å². The van der Waals surface area contributed by atoms with Gasteiger partial charge in [0.15, 0.2) is 0 Å². The molecule has 5 nitrogen and oxygen atoms in total. The number of nitrogens with zero attached hydrogens (tertiary/aromatic N) is 1. The summed E-state index contributed by atoms with van der Waals surface area (Å²) in [5, 5.41) is 0.975. The molecule has 0 saturated heterocycles. The molecular weight excluding hydrogens is 357 g/mol. The first-order valence-electron chi connectivity index (χ1n) is 8.12. The minimum Gasteiger partial charge on any atom is -0.287 e. The van der Waals surface area contributed by atoms with Gasteiger partial charge in [0.1, 0.15) is 5.01 Å². The Morgan fingerprint density at radius 1 is 0.960 bits per heavy atom. The Bertz CT molecular complexity index is 835. The molecule has 1 heterocycles. The van der Waals surface area contributed by atoms with Crippen LogP contribution in [0.25, 0.3) is 20.8 Å². The molecule has 0 atom stereocenters. The van der Waals surface area contributed by atoms with Crippen LogP contribution in [-0.4, -0.2) is 18.2 Å². The van der Waals surface area contributed by atoms with E-state index >= 15 is 0 Å². The van der Waals surface area contributed by atoms with Crippen LogP contribution >= 0.6 is 19.2 Å². The molecule has 0 saturated carbocycles. The zero-order valence-corrected chi connectivity index (χ0v) is 15.9. The molecule has 0 bridgehead atoms. The van der Waals surface area contributed by atoms with Gasteiger partial charge in [-0.05, 0) is 31.5 Å². The van der Waals surface area contributed by atoms with Crippen LogP contribution in [0.2, 0.25) is 0 Å². The van der Waals surface area contributed by atoms with Crippen LogP contribution in [-0.2, 0) is 24.7 Å². The molecule has 3 rings (SSSR count). The van der Waals surface area contributed by atoms with E-state index in [0.29, 0.717) is 0 Å². The van der Waals surface area contributed by atoms with E-state index in [1.165, 1.54) is 4.70 Å². The number of phosphoric acid groups is 1. The van der Waals surface area contributed by atoms with Gasteiger partial charge in [0, 0.05) is 5.56 Å². The minimum absolute atomic E-state index is 0.164. The lowest BCUT2D eigenvalue weighted by molar-refractivity contribution is 0.116. The number of rotatable bonds is 8. The maximum Gasteiger partial charge on any atom is 0.475 e. The third-order valence-corrected chi connectivity index (χ3v) is 6.14. The first kappa shape index (κ1) is 18.2. The van der Waals surface area contributed by atoms with Crippen LogP contribution in [0.4, 0.5) is 0 Å². The summed E-state index contributed by atoms with van der Waals surface area (Å²) in [6.45, 7) is 4.21. The summed E-state index contributed by atoms with van der Waals surface area (Å²) in [6, 6.07) is 15.9. The minimum atomic E-state index is -3.48. The maximum atomic E-state index is 12.3. The van der Waals surface area contributed by atoms with E-state index in [0.717, 1.165) is 21.7 Å². The van der Waals surface area contributed by atoms with Crippen LogP contribution in [0.1, 0.15) is 19.4 Å². The van der Waals surface area contributed by atoms with Crippen molar-refractivity contribution >= 4 is 29.4 Å². The molecular formula is C18H20NO4PS. The van der Waals surface area contributed by atoms with Crippen molar-refractivity contribution in [3.05, 3.63) is 54.1 Å². The molecule has 0 aliphatic carbocycles. The smallest absolute Gasteiger partial charge is 0.287 e. The van der Waals surface area contributed by atoms with E-state index in [2.05, 4.69) is 11.1 Å². The van der Waals surface area contributed by atoms with Crippen LogP contribution in [0.3, 0.4) is 0 Å². The van der Waals surface area contributed by atoms with Crippen molar-refractivity contribution in [2.45, 2.75) is 20.5 Å². The van der Waals surface area contributed by atoms with Crippen LogP contribution < -0.4 is 0 Å². The fraction of sp³-hybridized carbons (Fsp3) is 0.278. The average molecular weight is 377 g/mol. The van der Waals surface area contributed by atoms with Crippen LogP contribution in [0.5, 0.6) is 0 Å². The number of aromatic nitrogens is 1. The molecule has 0 aliphatic heterocycles. The summed E-state index contributed by atoms with van der Waals surface area (Å²) in [5.41, 5.74) is 2.94. The van der Waals surface area contributed by atoms with Crippen molar-refractivity contribution in [1.82, 2.24) is 4.98 Å². The first-order chi connectivity index (χ1) is 12.1. The Hall–Kier alpha value is -1.56. The highest BCUT2D eigenvalue weighted by Gasteiger charge is 2.25. The number of hydrogen-bond acceptors (Lipinski definition) is 6. The fourth-order valence-electron chi connectivity index (χ4n) is 2.32. The Balaban J connectivity index is 1.70. The van der Waals surface area contributed by atoms with Crippen LogP contribution in [0.15, 0.2) is 48.5 Å². The molecule has 0 spiro atoms. The zero-order chi connectivity index (χ0) is 17.7. The van der Waals surface area contributed by atoms with E-state index in [1.807, 2.05) is 42.5 Å². The predicted molar refractivity (Wildman–Crippen MR) is 101 cm³/mol. The van der Waals surface area contributed by atoms with E-state index in [9.17, 15) is 4.57 Å². The molecule has 0 amide bonds. The monoisotopic (exact) mass is 377 g/mol. The molecule has 1 aromatic heterocycles. The number of para-hydroxylation sites is 1. The van der Waals surface area contributed by atoms with Gasteiger partial charge < -0.3 is 0 Å². The third kappa shape index (κ3) is 4.54. The van der Waals surface area contributed by atoms with Gasteiger partial charge in [-0.3, -0.25) is 13.6 Å². The SMILES string of the molecule is CCOP(=O)(OCC)OCc1ccc(-c2nc3ccccc3s2)cc1. The highest BCUT2D eigenvalue weighted by molar-refractivity contribution is 7.48. The molecule has 0 unspecified atom stereocenters. The van der Waals surface area contributed by atoms with Gasteiger partial charge in [0.2, 0.25) is 0 Å². The summed E-state index contributed by atoms with van der Waals surface area (Å²) in [7, 11) is -3.48. The topological polar surface area (TPSA) is 57.7 Å². The fourth-order valence-corrected chi connectivity index (χ4v) is 4.46. The first-order valence-corrected chi connectivity index (χ1v) is 10.4. The van der Waals surface area contributed by atoms with Gasteiger partial charge in [0.25, 0.3) is 0 Å². The lowest BCUT2D eigenvalue weighted by atomic mass is 10.1. The lowest BCUT2D eigenvalue weighted by Crippen LogP contribution is -2.00. The van der Waals surface area contributed by atoms with Gasteiger partial charge in [-0.25, -0.2) is 9.55 Å². The van der Waals surface area contributed by atoms with Crippen LogP contribution in [0, 0.1) is 0 Å². The molecule has 0 N–H and O–H groups in total.